The predicted octanol–water partition coefficient (Wildman–Crippen LogP) is 3.24. The molecule has 108 valence electrons. The molecule has 0 amide bonds. The molecular weight excluding hydrogens is 240 g/mol. The highest BCUT2D eigenvalue weighted by Crippen LogP contribution is 2.30. The summed E-state index contributed by atoms with van der Waals surface area (Å²) in [5.74, 6) is 0.728. The van der Waals surface area contributed by atoms with Crippen molar-refractivity contribution in [1.29, 1.82) is 0 Å². The number of rotatable bonds is 5. The van der Waals surface area contributed by atoms with Crippen molar-refractivity contribution in [1.82, 2.24) is 0 Å². The van der Waals surface area contributed by atoms with Crippen LogP contribution in [0.25, 0.3) is 0 Å². The van der Waals surface area contributed by atoms with Crippen LogP contribution in [0.5, 0.6) is 0 Å². The number of ether oxygens (including phenoxy) is 1. The molecule has 1 aliphatic carbocycles. The molecule has 0 saturated carbocycles. The fourth-order valence-electron chi connectivity index (χ4n) is 2.55. The standard InChI is InChI=1S/C16H26O3/c1-11(2)9-15(17)10-12(3)13-5-7-14(8-6-13)16(18)19-4/h7,10-11,13,15,17H,5-6,8-9H2,1-4H3. The minimum atomic E-state index is -0.356. The van der Waals surface area contributed by atoms with E-state index in [9.17, 15) is 9.90 Å². The number of hydrogen-bond donors (Lipinski definition) is 1. The van der Waals surface area contributed by atoms with E-state index < -0.39 is 0 Å². The van der Waals surface area contributed by atoms with E-state index in [4.69, 9.17) is 4.74 Å². The molecule has 0 saturated heterocycles. The zero-order chi connectivity index (χ0) is 14.4. The number of carbonyl (C=O) groups is 1. The van der Waals surface area contributed by atoms with Crippen LogP contribution in [0.1, 0.15) is 46.5 Å². The first-order chi connectivity index (χ1) is 8.93. The highest BCUT2D eigenvalue weighted by Gasteiger charge is 2.20. The Balaban J connectivity index is 2.57. The lowest BCUT2D eigenvalue weighted by Gasteiger charge is -2.22. The van der Waals surface area contributed by atoms with Gasteiger partial charge in [0.05, 0.1) is 13.2 Å². The summed E-state index contributed by atoms with van der Waals surface area (Å²) in [5.41, 5.74) is 2.02. The van der Waals surface area contributed by atoms with Crippen molar-refractivity contribution in [2.45, 2.75) is 52.6 Å². The van der Waals surface area contributed by atoms with Crippen molar-refractivity contribution in [2.24, 2.45) is 11.8 Å². The molecule has 0 aliphatic heterocycles. The fourth-order valence-corrected chi connectivity index (χ4v) is 2.55. The highest BCUT2D eigenvalue weighted by atomic mass is 16.5. The van der Waals surface area contributed by atoms with Crippen LogP contribution in [0, 0.1) is 11.8 Å². The van der Waals surface area contributed by atoms with Crippen LogP contribution in [-0.4, -0.2) is 24.3 Å². The van der Waals surface area contributed by atoms with Gasteiger partial charge in [0, 0.05) is 5.57 Å². The van der Waals surface area contributed by atoms with E-state index in [1.165, 1.54) is 12.7 Å². The lowest BCUT2D eigenvalue weighted by atomic mass is 9.84. The third-order valence-electron chi connectivity index (χ3n) is 3.67. The van der Waals surface area contributed by atoms with Crippen molar-refractivity contribution >= 4 is 5.97 Å². The second kappa shape index (κ2) is 7.49. The number of allylic oxidation sites excluding steroid dienone is 2. The molecule has 0 bridgehead atoms. The summed E-state index contributed by atoms with van der Waals surface area (Å²) in [6.07, 6.45) is 6.98. The van der Waals surface area contributed by atoms with Crippen LogP contribution >= 0.6 is 0 Å². The molecule has 19 heavy (non-hydrogen) atoms. The minimum absolute atomic E-state index is 0.208. The second-order valence-electron chi connectivity index (χ2n) is 5.80. The average molecular weight is 266 g/mol. The van der Waals surface area contributed by atoms with E-state index in [1.54, 1.807) is 0 Å². The Kier molecular flexibility index (Phi) is 6.29. The van der Waals surface area contributed by atoms with Gasteiger partial charge in [-0.05, 0) is 44.4 Å². The Morgan fingerprint density at radius 3 is 2.74 bits per heavy atom. The Morgan fingerprint density at radius 2 is 2.26 bits per heavy atom. The van der Waals surface area contributed by atoms with E-state index in [2.05, 4.69) is 20.8 Å². The van der Waals surface area contributed by atoms with Crippen LogP contribution in [-0.2, 0) is 9.53 Å². The number of esters is 1. The highest BCUT2D eigenvalue weighted by molar-refractivity contribution is 5.88. The summed E-state index contributed by atoms with van der Waals surface area (Å²) in [6.45, 7) is 6.29. The molecule has 3 nitrogen and oxygen atoms in total. The maximum absolute atomic E-state index is 11.4. The molecule has 0 radical (unpaired) electrons. The van der Waals surface area contributed by atoms with E-state index in [1.807, 2.05) is 12.2 Å². The first-order valence-corrected chi connectivity index (χ1v) is 7.07. The maximum atomic E-state index is 11.4. The van der Waals surface area contributed by atoms with Gasteiger partial charge in [-0.1, -0.05) is 31.6 Å². The zero-order valence-electron chi connectivity index (χ0n) is 12.5. The van der Waals surface area contributed by atoms with Crippen molar-refractivity contribution in [3.8, 4) is 0 Å². The summed E-state index contributed by atoms with van der Waals surface area (Å²) in [4.78, 5) is 11.4. The van der Waals surface area contributed by atoms with E-state index in [-0.39, 0.29) is 12.1 Å². The fraction of sp³-hybridized carbons (Fsp3) is 0.688. The molecule has 1 N–H and O–H groups in total. The van der Waals surface area contributed by atoms with E-state index in [0.717, 1.165) is 31.3 Å². The molecule has 3 heteroatoms. The molecule has 0 spiro atoms. The van der Waals surface area contributed by atoms with Crippen LogP contribution in [0.15, 0.2) is 23.3 Å². The predicted molar refractivity (Wildman–Crippen MR) is 76.7 cm³/mol. The molecule has 2 unspecified atom stereocenters. The van der Waals surface area contributed by atoms with Crippen LogP contribution in [0.3, 0.4) is 0 Å². The molecule has 1 rings (SSSR count). The molecule has 2 atom stereocenters. The van der Waals surface area contributed by atoms with Crippen LogP contribution in [0.4, 0.5) is 0 Å². The van der Waals surface area contributed by atoms with Gasteiger partial charge in [-0.25, -0.2) is 4.79 Å². The number of aliphatic hydroxyl groups excluding tert-OH is 1. The number of carbonyl (C=O) groups excluding carboxylic acids is 1. The Labute approximate surface area is 116 Å². The molecule has 0 heterocycles. The summed E-state index contributed by atoms with van der Waals surface area (Å²) in [6, 6.07) is 0. The van der Waals surface area contributed by atoms with Gasteiger partial charge in [-0.2, -0.15) is 0 Å². The lowest BCUT2D eigenvalue weighted by Crippen LogP contribution is -2.15. The van der Waals surface area contributed by atoms with Gasteiger partial charge in [0.25, 0.3) is 0 Å². The van der Waals surface area contributed by atoms with E-state index in [0.29, 0.717) is 11.8 Å². The van der Waals surface area contributed by atoms with Gasteiger partial charge >= 0.3 is 5.97 Å². The van der Waals surface area contributed by atoms with Crippen molar-refractivity contribution in [2.75, 3.05) is 7.11 Å². The van der Waals surface area contributed by atoms with Gasteiger partial charge in [0.1, 0.15) is 0 Å². The van der Waals surface area contributed by atoms with E-state index >= 15 is 0 Å². The molecule has 0 aromatic carbocycles. The van der Waals surface area contributed by atoms with Gasteiger partial charge < -0.3 is 9.84 Å². The quantitative estimate of drug-likeness (QED) is 0.614. The smallest absolute Gasteiger partial charge is 0.333 e. The Morgan fingerprint density at radius 1 is 1.58 bits per heavy atom. The third-order valence-corrected chi connectivity index (χ3v) is 3.67. The van der Waals surface area contributed by atoms with Gasteiger partial charge in [-0.3, -0.25) is 0 Å². The summed E-state index contributed by atoms with van der Waals surface area (Å²) >= 11 is 0. The molecule has 0 aromatic heterocycles. The number of aliphatic hydroxyl groups is 1. The Bertz CT molecular complexity index is 366. The lowest BCUT2D eigenvalue weighted by molar-refractivity contribution is -0.136. The first kappa shape index (κ1) is 16.0. The number of hydrogen-bond acceptors (Lipinski definition) is 3. The normalized spacial score (nSPS) is 22.1. The maximum Gasteiger partial charge on any atom is 0.333 e. The average Bonchev–Trinajstić information content (AvgIpc) is 2.36. The van der Waals surface area contributed by atoms with Crippen LogP contribution in [0.2, 0.25) is 0 Å². The summed E-state index contributed by atoms with van der Waals surface area (Å²) < 4.78 is 4.73. The van der Waals surface area contributed by atoms with Crippen molar-refractivity contribution < 1.29 is 14.6 Å². The number of methoxy groups -OCH3 is 1. The summed E-state index contributed by atoms with van der Waals surface area (Å²) in [7, 11) is 1.42. The largest absolute Gasteiger partial charge is 0.466 e. The zero-order valence-corrected chi connectivity index (χ0v) is 12.5. The molecule has 1 aliphatic rings. The summed E-state index contributed by atoms with van der Waals surface area (Å²) in [5, 5.41) is 9.93. The molecular formula is C16H26O3. The van der Waals surface area contributed by atoms with Crippen LogP contribution < -0.4 is 0 Å². The van der Waals surface area contributed by atoms with Crippen molar-refractivity contribution in [3.05, 3.63) is 23.3 Å². The van der Waals surface area contributed by atoms with Gasteiger partial charge in [-0.15, -0.1) is 0 Å². The molecule has 0 fully saturated rings. The van der Waals surface area contributed by atoms with Gasteiger partial charge in [0.15, 0.2) is 0 Å². The second-order valence-corrected chi connectivity index (χ2v) is 5.80. The monoisotopic (exact) mass is 266 g/mol. The first-order valence-electron chi connectivity index (χ1n) is 7.07. The van der Waals surface area contributed by atoms with Gasteiger partial charge in [0.2, 0.25) is 0 Å². The third kappa shape index (κ3) is 5.19. The minimum Gasteiger partial charge on any atom is -0.466 e. The Hall–Kier alpha value is -1.09. The van der Waals surface area contributed by atoms with Crippen molar-refractivity contribution in [3.63, 3.8) is 0 Å². The SMILES string of the molecule is COC(=O)C1=CCC(C(C)=CC(O)CC(C)C)CC1. The molecule has 0 aromatic rings. The topological polar surface area (TPSA) is 46.5 Å².